The normalized spacial score (nSPS) is 12.5. The van der Waals surface area contributed by atoms with Crippen molar-refractivity contribution < 1.29 is 23.8 Å². The van der Waals surface area contributed by atoms with Gasteiger partial charge >= 0.3 is 5.97 Å². The van der Waals surface area contributed by atoms with Crippen LogP contribution in [0.1, 0.15) is 38.1 Å². The first kappa shape index (κ1) is 18.4. The van der Waals surface area contributed by atoms with E-state index >= 15 is 0 Å². The van der Waals surface area contributed by atoms with Crippen molar-refractivity contribution in [1.82, 2.24) is 9.78 Å². The zero-order valence-corrected chi connectivity index (χ0v) is 14.4. The average Bonchev–Trinajstić information content (AvgIpc) is 3.00. The summed E-state index contributed by atoms with van der Waals surface area (Å²) in [6, 6.07) is 3.76. The van der Waals surface area contributed by atoms with E-state index in [0.29, 0.717) is 5.56 Å². The van der Waals surface area contributed by atoms with Gasteiger partial charge in [0.2, 0.25) is 0 Å². The lowest BCUT2D eigenvalue weighted by Gasteiger charge is -2.18. The first-order valence-electron chi connectivity index (χ1n) is 7.63. The number of nitrogens with zero attached hydrogens (tertiary/aromatic N) is 2. The Morgan fingerprint density at radius 1 is 1.36 bits per heavy atom. The molecule has 0 fully saturated rings. The van der Waals surface area contributed by atoms with Crippen molar-refractivity contribution in [2.75, 3.05) is 5.32 Å². The van der Waals surface area contributed by atoms with E-state index in [1.165, 1.54) is 25.3 Å². The Balaban J connectivity index is 2.10. The van der Waals surface area contributed by atoms with Crippen LogP contribution in [0.2, 0.25) is 0 Å². The maximum Gasteiger partial charge on any atom is 0.344 e. The number of aromatic nitrogens is 2. The van der Waals surface area contributed by atoms with Gasteiger partial charge in [0.15, 0.2) is 17.7 Å². The van der Waals surface area contributed by atoms with Crippen LogP contribution in [-0.2, 0) is 10.3 Å². The second-order valence-electron chi connectivity index (χ2n) is 6.54. The summed E-state index contributed by atoms with van der Waals surface area (Å²) in [5.74, 6) is -2.60. The van der Waals surface area contributed by atoms with Gasteiger partial charge < -0.3 is 15.2 Å². The van der Waals surface area contributed by atoms with Crippen molar-refractivity contribution in [2.45, 2.75) is 39.3 Å². The number of carbonyl (C=O) groups excluding carboxylic acids is 1. The lowest BCUT2D eigenvalue weighted by molar-refractivity contribution is -0.144. The molecule has 1 amide bonds. The van der Waals surface area contributed by atoms with E-state index in [2.05, 4.69) is 10.4 Å². The Morgan fingerprint density at radius 2 is 2.04 bits per heavy atom. The summed E-state index contributed by atoms with van der Waals surface area (Å²) in [6.07, 6.45) is 1.86. The van der Waals surface area contributed by atoms with Gasteiger partial charge in [0.25, 0.3) is 5.91 Å². The number of amides is 1. The molecule has 1 heterocycles. The second-order valence-corrected chi connectivity index (χ2v) is 6.54. The van der Waals surface area contributed by atoms with Crippen molar-refractivity contribution >= 4 is 17.6 Å². The standard InChI is InChI=1S/C17H20FN3O4/c1-10(16(23)24)25-14-6-5-12(7-13(14)18)20-15(22)11-8-19-21(9-11)17(2,3)4/h5-10H,1-4H3,(H,20,22)(H,23,24). The Labute approximate surface area is 144 Å². The minimum absolute atomic E-state index is 0.201. The fourth-order valence-corrected chi connectivity index (χ4v) is 1.93. The lowest BCUT2D eigenvalue weighted by Crippen LogP contribution is -2.23. The molecule has 1 aromatic carbocycles. The van der Waals surface area contributed by atoms with Crippen LogP contribution in [0.3, 0.4) is 0 Å². The fraction of sp³-hybridized carbons (Fsp3) is 0.353. The van der Waals surface area contributed by atoms with Gasteiger partial charge in [0.1, 0.15) is 0 Å². The van der Waals surface area contributed by atoms with Gasteiger partial charge in [-0.25, -0.2) is 9.18 Å². The van der Waals surface area contributed by atoms with E-state index < -0.39 is 23.8 Å². The van der Waals surface area contributed by atoms with Gasteiger partial charge in [-0.2, -0.15) is 5.10 Å². The van der Waals surface area contributed by atoms with E-state index in [1.54, 1.807) is 10.9 Å². The molecule has 2 aromatic rings. The molecule has 2 rings (SSSR count). The number of rotatable bonds is 5. The Hall–Kier alpha value is -2.90. The minimum atomic E-state index is -1.20. The van der Waals surface area contributed by atoms with Gasteiger partial charge in [-0.1, -0.05) is 0 Å². The first-order valence-corrected chi connectivity index (χ1v) is 7.63. The molecule has 0 bridgehead atoms. The van der Waals surface area contributed by atoms with Gasteiger partial charge in [-0.3, -0.25) is 9.48 Å². The van der Waals surface area contributed by atoms with Crippen LogP contribution in [0.25, 0.3) is 0 Å². The maximum atomic E-state index is 14.0. The molecule has 0 aliphatic rings. The van der Waals surface area contributed by atoms with Crippen LogP contribution in [0.4, 0.5) is 10.1 Å². The van der Waals surface area contributed by atoms with Crippen molar-refractivity contribution in [1.29, 1.82) is 0 Å². The molecular formula is C17H20FN3O4. The molecule has 2 N–H and O–H groups in total. The van der Waals surface area contributed by atoms with Crippen LogP contribution in [0.15, 0.2) is 30.6 Å². The topological polar surface area (TPSA) is 93.5 Å². The molecule has 1 aromatic heterocycles. The molecular weight excluding hydrogens is 329 g/mol. The summed E-state index contributed by atoms with van der Waals surface area (Å²) in [6.45, 7) is 7.15. The number of hydrogen-bond donors (Lipinski definition) is 2. The molecule has 0 spiro atoms. The third kappa shape index (κ3) is 4.56. The second kappa shape index (κ2) is 6.92. The van der Waals surface area contributed by atoms with Gasteiger partial charge in [-0.15, -0.1) is 0 Å². The smallest absolute Gasteiger partial charge is 0.344 e. The summed E-state index contributed by atoms with van der Waals surface area (Å²) in [4.78, 5) is 23.0. The Bertz CT molecular complexity index is 795. The number of halogens is 1. The molecule has 1 atom stereocenters. The highest BCUT2D eigenvalue weighted by Gasteiger charge is 2.18. The van der Waals surface area contributed by atoms with E-state index in [9.17, 15) is 14.0 Å². The number of anilines is 1. The van der Waals surface area contributed by atoms with Crippen LogP contribution >= 0.6 is 0 Å². The zero-order chi connectivity index (χ0) is 18.8. The number of nitrogens with one attached hydrogen (secondary N) is 1. The van der Waals surface area contributed by atoms with E-state index in [1.807, 2.05) is 20.8 Å². The largest absolute Gasteiger partial charge is 0.479 e. The monoisotopic (exact) mass is 349 g/mol. The lowest BCUT2D eigenvalue weighted by atomic mass is 10.1. The van der Waals surface area contributed by atoms with Crippen LogP contribution in [-0.4, -0.2) is 32.9 Å². The predicted molar refractivity (Wildman–Crippen MR) is 89.3 cm³/mol. The quantitative estimate of drug-likeness (QED) is 0.866. The Morgan fingerprint density at radius 3 is 2.56 bits per heavy atom. The number of carbonyl (C=O) groups is 2. The SMILES string of the molecule is CC(Oc1ccc(NC(=O)c2cnn(C(C)(C)C)c2)cc1F)C(=O)O. The number of carboxylic acid groups (broad SMARTS) is 1. The van der Waals surface area contributed by atoms with Gasteiger partial charge in [0.05, 0.1) is 17.3 Å². The number of aliphatic carboxylic acids is 1. The molecule has 1 unspecified atom stereocenters. The van der Waals surface area contributed by atoms with Crippen molar-refractivity contribution in [3.63, 3.8) is 0 Å². The predicted octanol–water partition coefficient (Wildman–Crippen LogP) is 2.88. The summed E-state index contributed by atoms with van der Waals surface area (Å²) < 4.78 is 20.7. The van der Waals surface area contributed by atoms with Crippen molar-refractivity contribution in [3.8, 4) is 5.75 Å². The van der Waals surface area contributed by atoms with Gasteiger partial charge in [0, 0.05) is 18.0 Å². The summed E-state index contributed by atoms with van der Waals surface area (Å²) in [7, 11) is 0. The fourth-order valence-electron chi connectivity index (χ4n) is 1.93. The highest BCUT2D eigenvalue weighted by atomic mass is 19.1. The third-order valence-corrected chi connectivity index (χ3v) is 3.37. The van der Waals surface area contributed by atoms with Crippen LogP contribution in [0.5, 0.6) is 5.75 Å². The summed E-state index contributed by atoms with van der Waals surface area (Å²) >= 11 is 0. The third-order valence-electron chi connectivity index (χ3n) is 3.37. The van der Waals surface area contributed by atoms with E-state index in [-0.39, 0.29) is 17.0 Å². The van der Waals surface area contributed by atoms with E-state index in [4.69, 9.17) is 9.84 Å². The molecule has 0 radical (unpaired) electrons. The maximum absolute atomic E-state index is 14.0. The Kier molecular flexibility index (Phi) is 5.10. The number of ether oxygens (including phenoxy) is 1. The molecule has 0 aliphatic carbocycles. The van der Waals surface area contributed by atoms with Crippen molar-refractivity contribution in [3.05, 3.63) is 42.0 Å². The highest BCUT2D eigenvalue weighted by Crippen LogP contribution is 2.23. The minimum Gasteiger partial charge on any atom is -0.479 e. The molecule has 0 saturated carbocycles. The summed E-state index contributed by atoms with van der Waals surface area (Å²) in [5, 5.41) is 15.5. The summed E-state index contributed by atoms with van der Waals surface area (Å²) in [5.41, 5.74) is 0.307. The first-order chi connectivity index (χ1) is 11.6. The molecule has 25 heavy (non-hydrogen) atoms. The van der Waals surface area contributed by atoms with E-state index in [0.717, 1.165) is 6.07 Å². The molecule has 0 aliphatic heterocycles. The molecule has 7 nitrogen and oxygen atoms in total. The number of carboxylic acids is 1. The highest BCUT2D eigenvalue weighted by molar-refractivity contribution is 6.03. The van der Waals surface area contributed by atoms with Crippen LogP contribution < -0.4 is 10.1 Å². The van der Waals surface area contributed by atoms with Crippen LogP contribution in [0, 0.1) is 5.82 Å². The van der Waals surface area contributed by atoms with Crippen molar-refractivity contribution in [2.24, 2.45) is 0 Å². The number of hydrogen-bond acceptors (Lipinski definition) is 4. The van der Waals surface area contributed by atoms with Gasteiger partial charge in [-0.05, 0) is 39.8 Å². The molecule has 8 heteroatoms. The molecule has 0 saturated heterocycles. The average molecular weight is 349 g/mol. The number of benzene rings is 1. The zero-order valence-electron chi connectivity index (χ0n) is 14.4. The molecule has 134 valence electrons.